The molecular formula is C29H26Cl2N4O3S. The SMILES string of the molecule is COc1ccc(NC(=O)C2=C(C)N=C3SCCCN3C2c2cccc(NC(=O)c3ccc(Cl)c(Cl)c3)c2)cc1. The van der Waals surface area contributed by atoms with Crippen LogP contribution in [0.2, 0.25) is 10.0 Å². The van der Waals surface area contributed by atoms with Gasteiger partial charge in [-0.2, -0.15) is 0 Å². The number of anilines is 2. The molecule has 2 aliphatic heterocycles. The zero-order valence-corrected chi connectivity index (χ0v) is 23.7. The maximum atomic E-state index is 13.7. The van der Waals surface area contributed by atoms with Crippen molar-refractivity contribution in [2.45, 2.75) is 19.4 Å². The van der Waals surface area contributed by atoms with E-state index in [0.717, 1.165) is 29.4 Å². The Morgan fingerprint density at radius 1 is 0.974 bits per heavy atom. The molecular weight excluding hydrogens is 555 g/mol. The molecule has 3 aromatic carbocycles. The summed E-state index contributed by atoms with van der Waals surface area (Å²) >= 11 is 13.8. The zero-order valence-electron chi connectivity index (χ0n) is 21.3. The Morgan fingerprint density at radius 3 is 2.49 bits per heavy atom. The van der Waals surface area contributed by atoms with Crippen LogP contribution >= 0.6 is 35.0 Å². The highest BCUT2D eigenvalue weighted by Gasteiger charge is 2.37. The van der Waals surface area contributed by atoms with Gasteiger partial charge in [0.05, 0.1) is 34.5 Å². The lowest BCUT2D eigenvalue weighted by Crippen LogP contribution is -2.43. The number of rotatable bonds is 6. The number of hydrogen-bond acceptors (Lipinski definition) is 6. The third kappa shape index (κ3) is 5.93. The van der Waals surface area contributed by atoms with Crippen LogP contribution in [0.15, 0.2) is 83.0 Å². The number of nitrogens with zero attached hydrogens (tertiary/aromatic N) is 2. The fraction of sp³-hybridized carbons (Fsp3) is 0.207. The van der Waals surface area contributed by atoms with Crippen LogP contribution in [-0.4, -0.2) is 41.3 Å². The first-order valence-electron chi connectivity index (χ1n) is 12.3. The Hall–Kier alpha value is -3.46. The summed E-state index contributed by atoms with van der Waals surface area (Å²) in [5.41, 5.74) is 3.75. The van der Waals surface area contributed by atoms with Gasteiger partial charge in [-0.3, -0.25) is 9.59 Å². The lowest BCUT2D eigenvalue weighted by Gasteiger charge is -2.41. The average Bonchev–Trinajstić information content (AvgIpc) is 2.94. The number of hydrogen-bond donors (Lipinski definition) is 2. The lowest BCUT2D eigenvalue weighted by atomic mass is 9.93. The first-order chi connectivity index (χ1) is 18.8. The van der Waals surface area contributed by atoms with Crippen LogP contribution < -0.4 is 15.4 Å². The fourth-order valence-electron chi connectivity index (χ4n) is 4.61. The highest BCUT2D eigenvalue weighted by molar-refractivity contribution is 8.13. The molecule has 2 amide bonds. The second kappa shape index (κ2) is 11.7. The molecule has 10 heteroatoms. The molecule has 0 spiro atoms. The Kier molecular flexibility index (Phi) is 8.16. The van der Waals surface area contributed by atoms with E-state index in [4.69, 9.17) is 32.9 Å². The Bertz CT molecular complexity index is 1490. The van der Waals surface area contributed by atoms with Crippen LogP contribution in [0, 0.1) is 0 Å². The van der Waals surface area contributed by atoms with Crippen molar-refractivity contribution in [3.63, 3.8) is 0 Å². The first-order valence-corrected chi connectivity index (χ1v) is 14.1. The van der Waals surface area contributed by atoms with Crippen LogP contribution in [-0.2, 0) is 4.79 Å². The Balaban J connectivity index is 1.46. The number of allylic oxidation sites excluding steroid dienone is 1. The van der Waals surface area contributed by atoms with Crippen molar-refractivity contribution in [2.75, 3.05) is 30.0 Å². The largest absolute Gasteiger partial charge is 0.497 e. The molecule has 2 aliphatic rings. The predicted molar refractivity (Wildman–Crippen MR) is 159 cm³/mol. The van der Waals surface area contributed by atoms with Gasteiger partial charge in [-0.05, 0) is 73.5 Å². The summed E-state index contributed by atoms with van der Waals surface area (Å²) in [4.78, 5) is 33.6. The van der Waals surface area contributed by atoms with E-state index < -0.39 is 0 Å². The van der Waals surface area contributed by atoms with E-state index in [1.165, 1.54) is 6.07 Å². The van der Waals surface area contributed by atoms with E-state index >= 15 is 0 Å². The first kappa shape index (κ1) is 27.1. The minimum atomic E-state index is -0.370. The van der Waals surface area contributed by atoms with Crippen LogP contribution in [0.4, 0.5) is 11.4 Å². The van der Waals surface area contributed by atoms with Gasteiger partial charge >= 0.3 is 0 Å². The van der Waals surface area contributed by atoms with E-state index in [2.05, 4.69) is 15.5 Å². The van der Waals surface area contributed by atoms with Crippen molar-refractivity contribution in [3.8, 4) is 5.75 Å². The molecule has 39 heavy (non-hydrogen) atoms. The molecule has 0 bridgehead atoms. The van der Waals surface area contributed by atoms with Gasteiger partial charge < -0.3 is 20.3 Å². The monoisotopic (exact) mass is 580 g/mol. The van der Waals surface area contributed by atoms with Gasteiger partial charge in [0.1, 0.15) is 5.75 Å². The molecule has 1 fully saturated rings. The second-order valence-electron chi connectivity index (χ2n) is 9.08. The number of amidine groups is 1. The van der Waals surface area contributed by atoms with Crippen LogP contribution in [0.5, 0.6) is 5.75 Å². The van der Waals surface area contributed by atoms with Gasteiger partial charge in [-0.1, -0.05) is 47.1 Å². The van der Waals surface area contributed by atoms with Crippen molar-refractivity contribution >= 4 is 63.3 Å². The number of fused-ring (bicyclic) bond motifs is 1. The lowest BCUT2D eigenvalue weighted by molar-refractivity contribution is -0.113. The fourth-order valence-corrected chi connectivity index (χ4v) is 5.92. The molecule has 0 saturated carbocycles. The summed E-state index contributed by atoms with van der Waals surface area (Å²) in [7, 11) is 1.60. The number of aliphatic imine (C=N–C) groups is 1. The van der Waals surface area contributed by atoms with E-state index in [0.29, 0.717) is 44.0 Å². The van der Waals surface area contributed by atoms with E-state index in [-0.39, 0.29) is 17.9 Å². The van der Waals surface area contributed by atoms with Crippen molar-refractivity contribution in [2.24, 2.45) is 4.99 Å². The minimum absolute atomic E-state index is 0.230. The van der Waals surface area contributed by atoms with Crippen molar-refractivity contribution in [1.29, 1.82) is 0 Å². The topological polar surface area (TPSA) is 83.0 Å². The van der Waals surface area contributed by atoms with Crippen LogP contribution in [0.1, 0.15) is 35.3 Å². The molecule has 1 saturated heterocycles. The number of nitrogens with one attached hydrogen (secondary N) is 2. The number of amides is 2. The predicted octanol–water partition coefficient (Wildman–Crippen LogP) is 7.02. The van der Waals surface area contributed by atoms with Crippen LogP contribution in [0.3, 0.4) is 0 Å². The molecule has 1 unspecified atom stereocenters. The van der Waals surface area contributed by atoms with Gasteiger partial charge in [0.15, 0.2) is 5.17 Å². The molecule has 7 nitrogen and oxygen atoms in total. The molecule has 0 radical (unpaired) electrons. The van der Waals surface area contributed by atoms with E-state index in [9.17, 15) is 9.59 Å². The van der Waals surface area contributed by atoms with Gasteiger partial charge in [-0.15, -0.1) is 0 Å². The minimum Gasteiger partial charge on any atom is -0.497 e. The van der Waals surface area contributed by atoms with E-state index in [1.54, 1.807) is 55.3 Å². The molecule has 0 aliphatic carbocycles. The average molecular weight is 582 g/mol. The summed E-state index contributed by atoms with van der Waals surface area (Å²) in [5, 5.41) is 7.55. The maximum absolute atomic E-state index is 13.7. The van der Waals surface area contributed by atoms with Gasteiger partial charge in [0.25, 0.3) is 11.8 Å². The third-order valence-corrected chi connectivity index (χ3v) is 8.31. The quantitative estimate of drug-likeness (QED) is 0.327. The molecule has 3 aromatic rings. The standard InChI is InChI=1S/C29H26Cl2N4O3S/c1-17-25(28(37)33-20-8-10-22(38-2)11-9-20)26(35-13-4-14-39-29(35)32-17)18-5-3-6-21(15-18)34-27(36)19-7-12-23(30)24(31)16-19/h3,5-12,15-16,26H,4,13-14H2,1-2H3,(H,33,37)(H,34,36). The highest BCUT2D eigenvalue weighted by atomic mass is 35.5. The molecule has 0 aromatic heterocycles. The second-order valence-corrected chi connectivity index (χ2v) is 11.0. The van der Waals surface area contributed by atoms with E-state index in [1.807, 2.05) is 31.2 Å². The van der Waals surface area contributed by atoms with Crippen molar-refractivity contribution < 1.29 is 14.3 Å². The number of carbonyl (C=O) groups is 2. The summed E-state index contributed by atoms with van der Waals surface area (Å²) < 4.78 is 5.23. The Labute approximate surface area is 241 Å². The third-order valence-electron chi connectivity index (χ3n) is 6.49. The molecule has 1 atom stereocenters. The zero-order chi connectivity index (χ0) is 27.5. The molecule has 2 heterocycles. The molecule has 5 rings (SSSR count). The number of benzene rings is 3. The number of carbonyl (C=O) groups excluding carboxylic acids is 2. The summed E-state index contributed by atoms with van der Waals surface area (Å²) in [6.07, 6.45) is 0.973. The normalized spacial score (nSPS) is 16.8. The summed E-state index contributed by atoms with van der Waals surface area (Å²) in [5.74, 6) is 1.14. The Morgan fingerprint density at radius 2 is 1.74 bits per heavy atom. The summed E-state index contributed by atoms with van der Waals surface area (Å²) in [6.45, 7) is 2.63. The highest BCUT2D eigenvalue weighted by Crippen LogP contribution is 2.40. The van der Waals surface area contributed by atoms with Crippen molar-refractivity contribution in [1.82, 2.24) is 4.90 Å². The van der Waals surface area contributed by atoms with Crippen LogP contribution in [0.25, 0.3) is 0 Å². The number of thioether (sulfide) groups is 1. The summed E-state index contributed by atoms with van der Waals surface area (Å²) in [6, 6.07) is 19.1. The number of methoxy groups -OCH3 is 1. The smallest absolute Gasteiger partial charge is 0.255 e. The maximum Gasteiger partial charge on any atom is 0.255 e. The number of halogens is 2. The molecule has 2 N–H and O–H groups in total. The van der Waals surface area contributed by atoms with Crippen molar-refractivity contribution in [3.05, 3.63) is 99.2 Å². The molecule has 200 valence electrons. The van der Waals surface area contributed by atoms with Gasteiger partial charge in [-0.25, -0.2) is 4.99 Å². The van der Waals surface area contributed by atoms with Gasteiger partial charge in [0, 0.05) is 29.2 Å². The van der Waals surface area contributed by atoms with Gasteiger partial charge in [0.2, 0.25) is 0 Å². The number of ether oxygens (including phenoxy) is 1.